The van der Waals surface area contributed by atoms with E-state index in [1.54, 1.807) is 12.1 Å². The van der Waals surface area contributed by atoms with Gasteiger partial charge in [0, 0.05) is 25.2 Å². The zero-order valence-electron chi connectivity index (χ0n) is 11.5. The predicted octanol–water partition coefficient (Wildman–Crippen LogP) is 2.27. The predicted molar refractivity (Wildman–Crippen MR) is 77.0 cm³/mol. The van der Waals surface area contributed by atoms with Gasteiger partial charge < -0.3 is 14.2 Å². The van der Waals surface area contributed by atoms with Crippen LogP contribution in [-0.4, -0.2) is 40.3 Å². The first-order chi connectivity index (χ1) is 9.63. The minimum atomic E-state index is 0.418. The fourth-order valence-corrected chi connectivity index (χ4v) is 2.79. The molecule has 0 aliphatic carbocycles. The number of furan rings is 1. The molecule has 1 aliphatic heterocycles. The van der Waals surface area contributed by atoms with Gasteiger partial charge in [0.15, 0.2) is 10.4 Å². The highest BCUT2D eigenvalue weighted by molar-refractivity contribution is 9.10. The fraction of sp³-hybridized carbons (Fsp3) is 0.538. The van der Waals surface area contributed by atoms with Crippen LogP contribution in [0.15, 0.2) is 25.6 Å². The molecule has 2 aromatic heterocycles. The molecule has 1 aliphatic rings. The van der Waals surface area contributed by atoms with Crippen LogP contribution in [0.25, 0.3) is 11.7 Å². The minimum Gasteiger partial charge on any atom is -0.444 e. The van der Waals surface area contributed by atoms with Gasteiger partial charge in [-0.15, -0.1) is 10.2 Å². The number of aromatic nitrogens is 2. The van der Waals surface area contributed by atoms with Gasteiger partial charge in [-0.3, -0.25) is 4.90 Å². The lowest BCUT2D eigenvalue weighted by molar-refractivity contribution is 0.0979. The Hall–Kier alpha value is -1.18. The number of halogens is 1. The Balaban J connectivity index is 1.73. The van der Waals surface area contributed by atoms with E-state index in [9.17, 15) is 0 Å². The van der Waals surface area contributed by atoms with Crippen LogP contribution >= 0.6 is 15.9 Å². The molecule has 2 unspecified atom stereocenters. The zero-order chi connectivity index (χ0) is 14.1. The lowest BCUT2D eigenvalue weighted by Crippen LogP contribution is -2.54. The van der Waals surface area contributed by atoms with Crippen molar-refractivity contribution >= 4 is 15.9 Å². The number of nitrogens with one attached hydrogen (secondary N) is 1. The van der Waals surface area contributed by atoms with Gasteiger partial charge in [0.1, 0.15) is 0 Å². The summed E-state index contributed by atoms with van der Waals surface area (Å²) in [7, 11) is 0. The Labute approximate surface area is 125 Å². The number of piperazine rings is 1. The van der Waals surface area contributed by atoms with Crippen LogP contribution in [0.4, 0.5) is 0 Å². The third-order valence-corrected chi connectivity index (χ3v) is 4.01. The summed E-state index contributed by atoms with van der Waals surface area (Å²) >= 11 is 3.26. The SMILES string of the molecule is CC1CNCC(C)N1Cc1nnc(-c2ccc(Br)o2)o1. The summed E-state index contributed by atoms with van der Waals surface area (Å²) in [6.07, 6.45) is 0. The van der Waals surface area contributed by atoms with Crippen LogP contribution in [0, 0.1) is 0 Å². The van der Waals surface area contributed by atoms with E-state index in [4.69, 9.17) is 8.83 Å². The zero-order valence-corrected chi connectivity index (χ0v) is 13.1. The first kappa shape index (κ1) is 13.8. The molecular formula is C13H17BrN4O2. The van der Waals surface area contributed by atoms with Crippen molar-refractivity contribution in [3.05, 3.63) is 22.7 Å². The molecule has 7 heteroatoms. The summed E-state index contributed by atoms with van der Waals surface area (Å²) in [5.74, 6) is 1.62. The molecule has 1 saturated heterocycles. The Morgan fingerprint density at radius 2 is 2.00 bits per heavy atom. The van der Waals surface area contributed by atoms with E-state index in [0.717, 1.165) is 13.1 Å². The lowest BCUT2D eigenvalue weighted by Gasteiger charge is -2.38. The van der Waals surface area contributed by atoms with Gasteiger partial charge in [0.05, 0.1) is 6.54 Å². The average molecular weight is 341 g/mol. The molecule has 0 radical (unpaired) electrons. The molecule has 20 heavy (non-hydrogen) atoms. The molecule has 1 N–H and O–H groups in total. The number of rotatable bonds is 3. The standard InChI is InChI=1S/C13H17BrN4O2/c1-8-5-15-6-9(2)18(8)7-12-16-17-13(20-12)10-3-4-11(14)19-10/h3-4,8-9,15H,5-7H2,1-2H3. The highest BCUT2D eigenvalue weighted by atomic mass is 79.9. The second-order valence-electron chi connectivity index (χ2n) is 5.13. The maximum Gasteiger partial charge on any atom is 0.283 e. The lowest BCUT2D eigenvalue weighted by atomic mass is 10.1. The maximum atomic E-state index is 5.68. The monoisotopic (exact) mass is 340 g/mol. The number of hydrogen-bond donors (Lipinski definition) is 1. The second kappa shape index (κ2) is 5.67. The third kappa shape index (κ3) is 2.79. The molecule has 3 rings (SSSR count). The first-order valence-corrected chi connectivity index (χ1v) is 7.47. The molecule has 108 valence electrons. The van der Waals surface area contributed by atoms with Crippen molar-refractivity contribution in [1.82, 2.24) is 20.4 Å². The summed E-state index contributed by atoms with van der Waals surface area (Å²) in [6, 6.07) is 4.51. The second-order valence-corrected chi connectivity index (χ2v) is 5.91. The van der Waals surface area contributed by atoms with E-state index in [1.807, 2.05) is 0 Å². The number of nitrogens with zero attached hydrogens (tertiary/aromatic N) is 3. The minimum absolute atomic E-state index is 0.418. The maximum absolute atomic E-state index is 5.68. The summed E-state index contributed by atoms with van der Waals surface area (Å²) < 4.78 is 11.7. The van der Waals surface area contributed by atoms with Crippen LogP contribution < -0.4 is 5.32 Å². The summed E-state index contributed by atoms with van der Waals surface area (Å²) in [5, 5.41) is 11.6. The van der Waals surface area contributed by atoms with Crippen molar-refractivity contribution in [3.63, 3.8) is 0 Å². The Bertz CT molecular complexity index is 572. The van der Waals surface area contributed by atoms with Crippen molar-refractivity contribution in [2.24, 2.45) is 0 Å². The van der Waals surface area contributed by atoms with Gasteiger partial charge in [-0.25, -0.2) is 0 Å². The van der Waals surface area contributed by atoms with Gasteiger partial charge in [-0.2, -0.15) is 0 Å². The third-order valence-electron chi connectivity index (χ3n) is 3.58. The highest BCUT2D eigenvalue weighted by Crippen LogP contribution is 2.24. The van der Waals surface area contributed by atoms with Gasteiger partial charge in [-0.05, 0) is 41.9 Å². The van der Waals surface area contributed by atoms with Crippen molar-refractivity contribution < 1.29 is 8.83 Å². The molecule has 2 atom stereocenters. The van der Waals surface area contributed by atoms with Crippen molar-refractivity contribution in [3.8, 4) is 11.7 Å². The Morgan fingerprint density at radius 3 is 2.65 bits per heavy atom. The van der Waals surface area contributed by atoms with Crippen molar-refractivity contribution in [2.45, 2.75) is 32.5 Å². The fourth-order valence-electron chi connectivity index (χ4n) is 2.48. The summed E-state index contributed by atoms with van der Waals surface area (Å²) in [4.78, 5) is 2.37. The van der Waals surface area contributed by atoms with E-state index in [-0.39, 0.29) is 0 Å². The molecule has 0 amide bonds. The van der Waals surface area contributed by atoms with Crippen molar-refractivity contribution in [1.29, 1.82) is 0 Å². The first-order valence-electron chi connectivity index (χ1n) is 6.68. The van der Waals surface area contributed by atoms with Gasteiger partial charge in [-0.1, -0.05) is 0 Å². The molecule has 0 bridgehead atoms. The van der Waals surface area contributed by atoms with E-state index < -0.39 is 0 Å². The van der Waals surface area contributed by atoms with E-state index >= 15 is 0 Å². The summed E-state index contributed by atoms with van der Waals surface area (Å²) in [6.45, 7) is 7.03. The van der Waals surface area contributed by atoms with Crippen LogP contribution in [0.5, 0.6) is 0 Å². The van der Waals surface area contributed by atoms with E-state index in [0.29, 0.717) is 40.8 Å². The van der Waals surface area contributed by atoms with Crippen LogP contribution in [0.1, 0.15) is 19.7 Å². The van der Waals surface area contributed by atoms with Gasteiger partial charge in [0.25, 0.3) is 5.89 Å². The molecule has 0 saturated carbocycles. The average Bonchev–Trinajstić information content (AvgIpc) is 3.03. The molecule has 1 fully saturated rings. The van der Waals surface area contributed by atoms with E-state index in [1.165, 1.54) is 0 Å². The number of hydrogen-bond acceptors (Lipinski definition) is 6. The van der Waals surface area contributed by atoms with Crippen LogP contribution in [-0.2, 0) is 6.54 Å². The quantitative estimate of drug-likeness (QED) is 0.924. The molecular weight excluding hydrogens is 324 g/mol. The smallest absolute Gasteiger partial charge is 0.283 e. The van der Waals surface area contributed by atoms with Crippen LogP contribution in [0.2, 0.25) is 0 Å². The molecule has 0 spiro atoms. The largest absolute Gasteiger partial charge is 0.444 e. The topological polar surface area (TPSA) is 67.3 Å². The van der Waals surface area contributed by atoms with Gasteiger partial charge >= 0.3 is 0 Å². The summed E-state index contributed by atoms with van der Waals surface area (Å²) in [5.41, 5.74) is 0. The Kier molecular flexibility index (Phi) is 3.91. The van der Waals surface area contributed by atoms with Crippen molar-refractivity contribution in [2.75, 3.05) is 13.1 Å². The Morgan fingerprint density at radius 1 is 1.25 bits per heavy atom. The molecule has 6 nitrogen and oxygen atoms in total. The van der Waals surface area contributed by atoms with Crippen LogP contribution in [0.3, 0.4) is 0 Å². The highest BCUT2D eigenvalue weighted by Gasteiger charge is 2.26. The molecule has 3 heterocycles. The molecule has 0 aromatic carbocycles. The molecule has 2 aromatic rings. The normalized spacial score (nSPS) is 24.1. The van der Waals surface area contributed by atoms with Gasteiger partial charge in [0.2, 0.25) is 5.89 Å². The van der Waals surface area contributed by atoms with E-state index in [2.05, 4.69) is 50.2 Å².